The smallest absolute Gasteiger partial charge is 0.409 e. The lowest BCUT2D eigenvalue weighted by molar-refractivity contribution is -0.115. The summed E-state index contributed by atoms with van der Waals surface area (Å²) in [6.07, 6.45) is -0.250. The van der Waals surface area contributed by atoms with Crippen molar-refractivity contribution in [3.05, 3.63) is 39.8 Å². The molecule has 0 atom stereocenters. The molecule has 2 aromatic rings. The molecule has 2 N–H and O–H groups in total. The molecule has 0 aliphatic carbocycles. The molecule has 1 fully saturated rings. The van der Waals surface area contributed by atoms with Gasteiger partial charge in [0.25, 0.3) is 0 Å². The van der Waals surface area contributed by atoms with Crippen LogP contribution in [0.15, 0.2) is 34.1 Å². The monoisotopic (exact) mass is 495 g/mol. The summed E-state index contributed by atoms with van der Waals surface area (Å²) in [7, 11) is 0. The Morgan fingerprint density at radius 3 is 2.60 bits per heavy atom. The van der Waals surface area contributed by atoms with Gasteiger partial charge in [0.15, 0.2) is 5.13 Å². The van der Waals surface area contributed by atoms with Crippen LogP contribution in [0.5, 0.6) is 0 Å². The molecule has 4 amide bonds. The fourth-order valence-corrected chi connectivity index (χ4v) is 3.96. The van der Waals surface area contributed by atoms with Gasteiger partial charge in [-0.3, -0.25) is 10.1 Å². The van der Waals surface area contributed by atoms with Crippen molar-refractivity contribution in [1.82, 2.24) is 14.8 Å². The Labute approximate surface area is 186 Å². The third-order valence-corrected chi connectivity index (χ3v) is 5.61. The first-order valence-corrected chi connectivity index (χ1v) is 11.1. The molecule has 0 unspecified atom stereocenters. The standard InChI is InChI=1S/C19H22BrN5O4S/c1-2-29-19(28)25-8-6-24(7-9-25)18(27)23-17-22-15(12-30-17)11-16(26)21-14-5-3-4-13(20)10-14/h3-5,10,12H,2,6-9,11H2,1H3,(H,21,26)(H,22,23,27). The third-order valence-electron chi connectivity index (χ3n) is 4.31. The highest BCUT2D eigenvalue weighted by atomic mass is 79.9. The van der Waals surface area contributed by atoms with Crippen molar-refractivity contribution in [1.29, 1.82) is 0 Å². The van der Waals surface area contributed by atoms with Gasteiger partial charge in [0.05, 0.1) is 18.7 Å². The first kappa shape index (κ1) is 22.0. The maximum Gasteiger partial charge on any atom is 0.409 e. The van der Waals surface area contributed by atoms with Gasteiger partial charge in [0, 0.05) is 41.7 Å². The molecule has 1 aliphatic rings. The molecule has 1 aliphatic heterocycles. The van der Waals surface area contributed by atoms with Crippen LogP contribution in [0.4, 0.5) is 20.4 Å². The maximum atomic E-state index is 12.4. The van der Waals surface area contributed by atoms with E-state index in [0.29, 0.717) is 49.3 Å². The number of thiazole rings is 1. The van der Waals surface area contributed by atoms with E-state index in [9.17, 15) is 14.4 Å². The number of benzene rings is 1. The number of aromatic nitrogens is 1. The molecule has 0 bridgehead atoms. The van der Waals surface area contributed by atoms with Crippen molar-refractivity contribution in [3.8, 4) is 0 Å². The molecular weight excluding hydrogens is 474 g/mol. The van der Waals surface area contributed by atoms with E-state index in [2.05, 4.69) is 31.5 Å². The Kier molecular flexibility index (Phi) is 7.63. The Balaban J connectivity index is 1.46. The van der Waals surface area contributed by atoms with E-state index in [1.807, 2.05) is 18.2 Å². The zero-order valence-corrected chi connectivity index (χ0v) is 18.8. The number of piperazine rings is 1. The molecule has 1 aromatic heterocycles. The van der Waals surface area contributed by atoms with Crippen LogP contribution < -0.4 is 10.6 Å². The Bertz CT molecular complexity index is 914. The molecular formula is C19H22BrN5O4S. The van der Waals surface area contributed by atoms with Gasteiger partial charge in [-0.25, -0.2) is 14.6 Å². The summed E-state index contributed by atoms with van der Waals surface area (Å²) in [6, 6.07) is 7.05. The number of ether oxygens (including phenoxy) is 1. The molecule has 30 heavy (non-hydrogen) atoms. The van der Waals surface area contributed by atoms with Gasteiger partial charge in [-0.1, -0.05) is 22.0 Å². The Morgan fingerprint density at radius 1 is 1.17 bits per heavy atom. The highest BCUT2D eigenvalue weighted by Gasteiger charge is 2.25. The first-order valence-electron chi connectivity index (χ1n) is 9.42. The lowest BCUT2D eigenvalue weighted by atomic mass is 10.3. The predicted molar refractivity (Wildman–Crippen MR) is 118 cm³/mol. The average Bonchev–Trinajstić information content (AvgIpc) is 3.14. The molecule has 160 valence electrons. The Morgan fingerprint density at radius 2 is 1.90 bits per heavy atom. The number of nitrogens with one attached hydrogen (secondary N) is 2. The topological polar surface area (TPSA) is 104 Å². The minimum Gasteiger partial charge on any atom is -0.450 e. The van der Waals surface area contributed by atoms with E-state index in [0.717, 1.165) is 4.47 Å². The summed E-state index contributed by atoms with van der Waals surface area (Å²) in [4.78, 5) is 43.9. The van der Waals surface area contributed by atoms with Crippen molar-refractivity contribution in [2.75, 3.05) is 43.4 Å². The molecule has 2 heterocycles. The van der Waals surface area contributed by atoms with E-state index >= 15 is 0 Å². The number of carbonyl (C=O) groups is 3. The molecule has 9 nitrogen and oxygen atoms in total. The number of urea groups is 1. The van der Waals surface area contributed by atoms with Gasteiger partial charge in [-0.2, -0.15) is 0 Å². The van der Waals surface area contributed by atoms with Crippen molar-refractivity contribution in [2.24, 2.45) is 0 Å². The van der Waals surface area contributed by atoms with Crippen molar-refractivity contribution >= 4 is 56.1 Å². The van der Waals surface area contributed by atoms with Gasteiger partial charge < -0.3 is 19.9 Å². The van der Waals surface area contributed by atoms with E-state index in [1.54, 1.807) is 28.2 Å². The number of nitrogens with zero attached hydrogens (tertiary/aromatic N) is 3. The van der Waals surface area contributed by atoms with Crippen LogP contribution in [0, 0.1) is 0 Å². The summed E-state index contributed by atoms with van der Waals surface area (Å²) >= 11 is 4.63. The fourth-order valence-electron chi connectivity index (χ4n) is 2.86. The first-order chi connectivity index (χ1) is 14.4. The lowest BCUT2D eigenvalue weighted by Gasteiger charge is -2.33. The van der Waals surface area contributed by atoms with Gasteiger partial charge in [-0.05, 0) is 25.1 Å². The fraction of sp³-hybridized carbons (Fsp3) is 0.368. The quantitative estimate of drug-likeness (QED) is 0.661. The maximum absolute atomic E-state index is 12.4. The summed E-state index contributed by atoms with van der Waals surface area (Å²) in [5.41, 5.74) is 1.27. The lowest BCUT2D eigenvalue weighted by Crippen LogP contribution is -2.51. The number of hydrogen-bond donors (Lipinski definition) is 2. The number of carbonyl (C=O) groups excluding carboxylic acids is 3. The number of halogens is 1. The molecule has 0 radical (unpaired) electrons. The predicted octanol–water partition coefficient (Wildman–Crippen LogP) is 3.39. The number of hydrogen-bond acceptors (Lipinski definition) is 6. The van der Waals surface area contributed by atoms with Crippen LogP contribution in [0.25, 0.3) is 0 Å². The van der Waals surface area contributed by atoms with Crippen LogP contribution in [-0.2, 0) is 16.0 Å². The number of amides is 4. The van der Waals surface area contributed by atoms with Crippen LogP contribution >= 0.6 is 27.3 Å². The molecule has 0 saturated carbocycles. The SMILES string of the molecule is CCOC(=O)N1CCN(C(=O)Nc2nc(CC(=O)Nc3cccc(Br)c3)cs2)CC1. The largest absolute Gasteiger partial charge is 0.450 e. The van der Waals surface area contributed by atoms with Gasteiger partial charge in [0.1, 0.15) is 0 Å². The highest BCUT2D eigenvalue weighted by Crippen LogP contribution is 2.19. The van der Waals surface area contributed by atoms with Gasteiger partial charge in [-0.15, -0.1) is 11.3 Å². The summed E-state index contributed by atoms with van der Waals surface area (Å²) in [5, 5.41) is 7.74. The second-order valence-corrected chi connectivity index (χ2v) is 8.26. The molecule has 3 rings (SSSR count). The van der Waals surface area contributed by atoms with E-state index in [-0.39, 0.29) is 24.5 Å². The Hall–Kier alpha value is -2.66. The second kappa shape index (κ2) is 10.4. The zero-order valence-electron chi connectivity index (χ0n) is 16.4. The van der Waals surface area contributed by atoms with Gasteiger partial charge in [0.2, 0.25) is 5.91 Å². The van der Waals surface area contributed by atoms with Crippen LogP contribution in [0.1, 0.15) is 12.6 Å². The van der Waals surface area contributed by atoms with Crippen molar-refractivity contribution < 1.29 is 19.1 Å². The molecule has 0 spiro atoms. The van der Waals surface area contributed by atoms with E-state index in [4.69, 9.17) is 4.74 Å². The van der Waals surface area contributed by atoms with Crippen LogP contribution in [0.3, 0.4) is 0 Å². The highest BCUT2D eigenvalue weighted by molar-refractivity contribution is 9.10. The molecule has 11 heteroatoms. The summed E-state index contributed by atoms with van der Waals surface area (Å²) < 4.78 is 5.85. The number of rotatable bonds is 5. The minimum atomic E-state index is -0.358. The van der Waals surface area contributed by atoms with Crippen molar-refractivity contribution in [3.63, 3.8) is 0 Å². The van der Waals surface area contributed by atoms with Gasteiger partial charge >= 0.3 is 12.1 Å². The summed E-state index contributed by atoms with van der Waals surface area (Å²) in [5.74, 6) is -0.189. The third kappa shape index (κ3) is 6.17. The molecule has 1 aromatic carbocycles. The van der Waals surface area contributed by atoms with E-state index in [1.165, 1.54) is 11.3 Å². The minimum absolute atomic E-state index is 0.108. The second-order valence-electron chi connectivity index (χ2n) is 6.48. The average molecular weight is 496 g/mol. The van der Waals surface area contributed by atoms with E-state index < -0.39 is 0 Å². The summed E-state index contributed by atoms with van der Waals surface area (Å²) in [6.45, 7) is 3.76. The zero-order chi connectivity index (χ0) is 21.5. The van der Waals surface area contributed by atoms with Crippen LogP contribution in [-0.4, -0.2) is 65.6 Å². The normalized spacial score (nSPS) is 13.7. The number of anilines is 2. The van der Waals surface area contributed by atoms with Crippen molar-refractivity contribution in [2.45, 2.75) is 13.3 Å². The molecule has 1 saturated heterocycles. The van der Waals surface area contributed by atoms with Crippen LogP contribution in [0.2, 0.25) is 0 Å².